The zero-order valence-electron chi connectivity index (χ0n) is 39.4. The van der Waals surface area contributed by atoms with Gasteiger partial charge >= 0.3 is 0 Å². The van der Waals surface area contributed by atoms with Crippen molar-refractivity contribution in [2.45, 2.75) is 69.6 Å². The standard InChI is InChI=1S/C51H58ClF2N9O6S/c1-49(2)13-11-36(41(30-49)34-3-5-37(52)6-4-34)31-60-21-23-61(24-22-60)38-7-9-40(43(28-38)62-25-26-69-48-45(62)27-35-12-16-56-46(35)57-48)47(64)58-70(67,68)39-8-10-42(44(29-39)63(65)66)55-17-20-59-18-14-50(15-19-59)32-51(53,54)33-50/h3-10,12,16,27-29,55H,11,13-15,17-26,30-33H2,1-2H3,(H,56,57)(H,58,64). The van der Waals surface area contributed by atoms with E-state index in [0.717, 1.165) is 74.1 Å². The van der Waals surface area contributed by atoms with Crippen LogP contribution in [0, 0.1) is 20.9 Å². The minimum Gasteiger partial charge on any atom is -0.474 e. The number of piperazine rings is 1. The lowest BCUT2D eigenvalue weighted by atomic mass is 9.61. The first-order chi connectivity index (χ1) is 33.4. The number of carbonyl (C=O) groups excluding carboxylic acids is 1. The second-order valence-electron chi connectivity index (χ2n) is 20.5. The molecule has 70 heavy (non-hydrogen) atoms. The summed E-state index contributed by atoms with van der Waals surface area (Å²) in [7, 11) is -4.62. The van der Waals surface area contributed by atoms with Crippen LogP contribution in [-0.4, -0.2) is 117 Å². The number of likely N-dealkylation sites (tertiary alicyclic amines) is 1. The number of piperidine rings is 1. The first kappa shape index (κ1) is 47.8. The van der Waals surface area contributed by atoms with Gasteiger partial charge < -0.3 is 29.7 Å². The van der Waals surface area contributed by atoms with E-state index in [1.165, 1.54) is 28.8 Å². The zero-order chi connectivity index (χ0) is 49.0. The van der Waals surface area contributed by atoms with Gasteiger partial charge in [0.05, 0.1) is 27.6 Å². The number of carbonyl (C=O) groups is 1. The molecule has 0 unspecified atom stereocenters. The molecule has 0 radical (unpaired) electrons. The lowest BCUT2D eigenvalue weighted by molar-refractivity contribution is -0.384. The normalized spacial score (nSPS) is 20.2. The largest absolute Gasteiger partial charge is 0.474 e. The number of amides is 1. The van der Waals surface area contributed by atoms with Crippen molar-refractivity contribution in [3.05, 3.63) is 111 Å². The summed E-state index contributed by atoms with van der Waals surface area (Å²) in [6.45, 7) is 11.4. The highest BCUT2D eigenvalue weighted by Crippen LogP contribution is 2.57. The quantitative estimate of drug-likeness (QED) is 0.0756. The number of nitrogens with zero attached hydrogens (tertiary/aromatic N) is 6. The Kier molecular flexibility index (Phi) is 12.8. The predicted octanol–water partition coefficient (Wildman–Crippen LogP) is 9.48. The molecule has 1 spiro atoms. The predicted molar refractivity (Wildman–Crippen MR) is 268 cm³/mol. The van der Waals surface area contributed by atoms with E-state index in [9.17, 15) is 32.1 Å². The Hall–Kier alpha value is -5.82. The molecule has 5 aliphatic rings. The second-order valence-corrected chi connectivity index (χ2v) is 22.6. The number of benzene rings is 3. The van der Waals surface area contributed by atoms with Gasteiger partial charge in [0, 0.05) is 87.0 Å². The number of hydrogen-bond donors (Lipinski definition) is 3. The number of aromatic nitrogens is 2. The Morgan fingerprint density at radius 3 is 2.40 bits per heavy atom. The van der Waals surface area contributed by atoms with Crippen molar-refractivity contribution in [1.82, 2.24) is 24.5 Å². The molecule has 3 aliphatic heterocycles. The van der Waals surface area contributed by atoms with Gasteiger partial charge in [-0.05, 0) is 122 Å². The van der Waals surface area contributed by atoms with Gasteiger partial charge in [-0.25, -0.2) is 21.9 Å². The molecule has 1 saturated carbocycles. The van der Waals surface area contributed by atoms with Gasteiger partial charge in [0.2, 0.25) is 11.8 Å². The van der Waals surface area contributed by atoms with Crippen LogP contribution in [0.1, 0.15) is 74.7 Å². The maximum Gasteiger partial charge on any atom is 0.293 e. The van der Waals surface area contributed by atoms with Crippen LogP contribution in [0.5, 0.6) is 5.88 Å². The first-order valence-electron chi connectivity index (χ1n) is 24.1. The Labute approximate surface area is 411 Å². The summed E-state index contributed by atoms with van der Waals surface area (Å²) in [5.41, 5.74) is 6.32. The van der Waals surface area contributed by atoms with Gasteiger partial charge in [0.15, 0.2) is 0 Å². The van der Waals surface area contributed by atoms with E-state index in [4.69, 9.17) is 16.3 Å². The van der Waals surface area contributed by atoms with Crippen molar-refractivity contribution < 1.29 is 31.7 Å². The van der Waals surface area contributed by atoms with Gasteiger partial charge in [-0.1, -0.05) is 43.2 Å². The van der Waals surface area contributed by atoms with Gasteiger partial charge in [-0.2, -0.15) is 4.98 Å². The molecule has 3 fully saturated rings. The molecular formula is C51H58ClF2N9O6S. The average molecular weight is 999 g/mol. The SMILES string of the molecule is CC1(C)CCC(CN2CCN(c3ccc(C(=O)NS(=O)(=O)c4ccc(NCCN5CCC6(CC5)CC(F)(F)C6)c([N+](=O)[O-])c4)c(N4CCOc5nc6[nH]ccc6cc54)c3)CC2)=C(c2ccc(Cl)cc2)C1. The van der Waals surface area contributed by atoms with Crippen molar-refractivity contribution >= 4 is 72.6 Å². The third-order valence-electron chi connectivity index (χ3n) is 15.0. The van der Waals surface area contributed by atoms with E-state index in [1.54, 1.807) is 12.3 Å². The van der Waals surface area contributed by atoms with E-state index in [-0.39, 0.29) is 41.5 Å². The molecule has 19 heteroatoms. The molecule has 5 aromatic rings. The molecule has 15 nitrogen and oxygen atoms in total. The van der Waals surface area contributed by atoms with Crippen LogP contribution in [0.15, 0.2) is 89.5 Å². The number of hydrogen-bond acceptors (Lipinski definition) is 12. The fourth-order valence-corrected chi connectivity index (χ4v) is 12.2. The summed E-state index contributed by atoms with van der Waals surface area (Å²) < 4.78 is 63.4. The highest BCUT2D eigenvalue weighted by atomic mass is 35.5. The molecular weight excluding hydrogens is 940 g/mol. The maximum atomic E-state index is 14.4. The van der Waals surface area contributed by atoms with E-state index in [0.29, 0.717) is 68.5 Å². The lowest BCUT2D eigenvalue weighted by Crippen LogP contribution is -2.52. The monoisotopic (exact) mass is 997 g/mol. The summed E-state index contributed by atoms with van der Waals surface area (Å²) in [6.07, 6.45) is 6.19. The molecule has 2 aliphatic carbocycles. The number of sulfonamides is 1. The van der Waals surface area contributed by atoms with Crippen molar-refractivity contribution in [3.63, 3.8) is 0 Å². The smallest absolute Gasteiger partial charge is 0.293 e. The maximum absolute atomic E-state index is 14.4. The topological polar surface area (TPSA) is 169 Å². The highest BCUT2D eigenvalue weighted by Gasteiger charge is 2.56. The summed E-state index contributed by atoms with van der Waals surface area (Å²) in [5, 5.41) is 16.9. The number of allylic oxidation sites excluding steroid dienone is 1. The van der Waals surface area contributed by atoms with Gasteiger partial charge in [0.25, 0.3) is 21.6 Å². The summed E-state index contributed by atoms with van der Waals surface area (Å²) in [4.78, 5) is 42.2. The van der Waals surface area contributed by atoms with Gasteiger partial charge in [0.1, 0.15) is 23.6 Å². The van der Waals surface area contributed by atoms with Gasteiger partial charge in [-0.15, -0.1) is 0 Å². The van der Waals surface area contributed by atoms with Gasteiger partial charge in [-0.3, -0.25) is 19.8 Å². The molecule has 2 aromatic heterocycles. The van der Waals surface area contributed by atoms with E-state index in [2.05, 4.69) is 60.7 Å². The van der Waals surface area contributed by atoms with E-state index >= 15 is 0 Å². The Bertz CT molecular complexity index is 2960. The number of aromatic amines is 1. The fraction of sp³-hybridized carbons (Fsp3) is 0.451. The number of nitro benzene ring substituents is 1. The number of nitrogens with one attached hydrogen (secondary N) is 3. The van der Waals surface area contributed by atoms with Crippen molar-refractivity contribution in [1.29, 1.82) is 0 Å². The minimum atomic E-state index is -4.62. The Balaban J connectivity index is 0.863. The van der Waals surface area contributed by atoms with Crippen LogP contribution >= 0.6 is 11.6 Å². The third-order valence-corrected chi connectivity index (χ3v) is 16.6. The molecule has 3 aromatic carbocycles. The van der Waals surface area contributed by atoms with Crippen LogP contribution < -0.4 is 24.6 Å². The van der Waals surface area contributed by atoms with E-state index in [1.807, 2.05) is 41.3 Å². The number of alkyl halides is 2. The molecule has 1 amide bonds. The fourth-order valence-electron chi connectivity index (χ4n) is 11.1. The number of anilines is 4. The van der Waals surface area contributed by atoms with Crippen molar-refractivity contribution in [3.8, 4) is 5.88 Å². The van der Waals surface area contributed by atoms with Crippen LogP contribution in [0.2, 0.25) is 5.02 Å². The number of nitro groups is 1. The first-order valence-corrected chi connectivity index (χ1v) is 25.9. The lowest BCUT2D eigenvalue weighted by Gasteiger charge is -2.51. The van der Waals surface area contributed by atoms with Crippen molar-refractivity contribution in [2.75, 3.05) is 87.2 Å². The molecule has 0 atom stereocenters. The average Bonchev–Trinajstić information content (AvgIpc) is 3.79. The highest BCUT2D eigenvalue weighted by molar-refractivity contribution is 7.90. The molecule has 5 heterocycles. The summed E-state index contributed by atoms with van der Waals surface area (Å²) in [6, 6.07) is 20.9. The van der Waals surface area contributed by atoms with Crippen LogP contribution in [-0.2, 0) is 10.0 Å². The minimum absolute atomic E-state index is 0.0656. The van der Waals surface area contributed by atoms with E-state index < -0.39 is 37.4 Å². The van der Waals surface area contributed by atoms with Crippen molar-refractivity contribution in [2.24, 2.45) is 10.8 Å². The number of ether oxygens (including phenoxy) is 1. The number of H-pyrrole nitrogens is 1. The number of rotatable bonds is 13. The van der Waals surface area contributed by atoms with Crippen LogP contribution in [0.25, 0.3) is 16.6 Å². The molecule has 370 valence electrons. The summed E-state index contributed by atoms with van der Waals surface area (Å²) in [5.74, 6) is -3.11. The molecule has 3 N–H and O–H groups in total. The molecule has 2 saturated heterocycles. The van der Waals surface area contributed by atoms with Crippen LogP contribution in [0.4, 0.5) is 37.2 Å². The second kappa shape index (κ2) is 18.7. The third kappa shape index (κ3) is 10.0. The number of halogens is 3. The Morgan fingerprint density at radius 2 is 1.67 bits per heavy atom. The zero-order valence-corrected chi connectivity index (χ0v) is 41.0. The van der Waals surface area contributed by atoms with Crippen LogP contribution in [0.3, 0.4) is 0 Å². The number of pyridine rings is 1. The molecule has 10 rings (SSSR count). The Morgan fingerprint density at radius 1 is 0.914 bits per heavy atom. The summed E-state index contributed by atoms with van der Waals surface area (Å²) >= 11 is 6.27. The number of fused-ring (bicyclic) bond motifs is 2. The molecule has 0 bridgehead atoms.